The molecule has 21 heavy (non-hydrogen) atoms. The highest BCUT2D eigenvalue weighted by atomic mass is 32.2. The molecule has 0 aliphatic heterocycles. The predicted octanol–water partition coefficient (Wildman–Crippen LogP) is 1.12. The number of carbonyl (C=O) groups excluding carboxylic acids is 2. The standard InChI is InChI=1S/C13H13N3O4S/c1-8(17)11-6-7-12(16-11)13(18)15-9-2-4-10(5-3-9)21(14,19)20/h2-7,16H,1H3,(H,15,18)(H2,14,19,20). The maximum atomic E-state index is 11.9. The molecule has 1 aromatic heterocycles. The number of hydrogen-bond acceptors (Lipinski definition) is 4. The number of aromatic amines is 1. The highest BCUT2D eigenvalue weighted by Crippen LogP contribution is 2.14. The normalized spacial score (nSPS) is 11.1. The number of carbonyl (C=O) groups is 2. The van der Waals surface area contributed by atoms with E-state index < -0.39 is 15.9 Å². The van der Waals surface area contributed by atoms with E-state index in [2.05, 4.69) is 10.3 Å². The minimum absolute atomic E-state index is 0.0424. The smallest absolute Gasteiger partial charge is 0.272 e. The third-order valence-electron chi connectivity index (χ3n) is 2.75. The zero-order chi connectivity index (χ0) is 15.6. The molecular formula is C13H13N3O4S. The number of nitrogens with two attached hydrogens (primary N) is 1. The number of Topliss-reactive ketones (excluding diaryl/α,β-unsaturated/α-hetero) is 1. The molecule has 0 saturated heterocycles. The van der Waals surface area contributed by atoms with Crippen molar-refractivity contribution in [2.45, 2.75) is 11.8 Å². The Balaban J connectivity index is 2.14. The molecule has 2 rings (SSSR count). The van der Waals surface area contributed by atoms with Crippen LogP contribution >= 0.6 is 0 Å². The molecule has 0 aliphatic carbocycles. The van der Waals surface area contributed by atoms with E-state index in [0.717, 1.165) is 0 Å². The lowest BCUT2D eigenvalue weighted by Crippen LogP contribution is -2.14. The lowest BCUT2D eigenvalue weighted by Gasteiger charge is -2.04. The number of H-pyrrole nitrogens is 1. The molecule has 0 spiro atoms. The number of ketones is 1. The van der Waals surface area contributed by atoms with Crippen molar-refractivity contribution in [3.05, 3.63) is 47.8 Å². The van der Waals surface area contributed by atoms with Crippen LogP contribution in [-0.4, -0.2) is 25.1 Å². The Hall–Kier alpha value is -2.45. The van der Waals surface area contributed by atoms with Crippen molar-refractivity contribution in [3.8, 4) is 0 Å². The van der Waals surface area contributed by atoms with Gasteiger partial charge in [0.25, 0.3) is 5.91 Å². The van der Waals surface area contributed by atoms with Gasteiger partial charge in [0, 0.05) is 12.6 Å². The third-order valence-corrected chi connectivity index (χ3v) is 3.68. The van der Waals surface area contributed by atoms with Crippen LogP contribution in [0.5, 0.6) is 0 Å². The van der Waals surface area contributed by atoms with E-state index in [9.17, 15) is 18.0 Å². The number of aromatic nitrogens is 1. The fourth-order valence-electron chi connectivity index (χ4n) is 1.66. The van der Waals surface area contributed by atoms with Crippen molar-refractivity contribution >= 4 is 27.4 Å². The maximum absolute atomic E-state index is 11.9. The molecule has 1 heterocycles. The van der Waals surface area contributed by atoms with Crippen molar-refractivity contribution in [2.24, 2.45) is 5.14 Å². The molecule has 0 atom stereocenters. The van der Waals surface area contributed by atoms with Crippen LogP contribution in [0.15, 0.2) is 41.3 Å². The SMILES string of the molecule is CC(=O)c1ccc(C(=O)Nc2ccc(S(N)(=O)=O)cc2)[nH]1. The fourth-order valence-corrected chi connectivity index (χ4v) is 2.17. The average molecular weight is 307 g/mol. The molecule has 8 heteroatoms. The first-order valence-electron chi connectivity index (χ1n) is 5.91. The van der Waals surface area contributed by atoms with E-state index in [4.69, 9.17) is 5.14 Å². The summed E-state index contributed by atoms with van der Waals surface area (Å²) in [5.41, 5.74) is 0.979. The molecule has 2 aromatic rings. The molecule has 0 radical (unpaired) electrons. The van der Waals surface area contributed by atoms with Gasteiger partial charge in [-0.1, -0.05) is 0 Å². The summed E-state index contributed by atoms with van der Waals surface area (Å²) in [6.07, 6.45) is 0. The summed E-state index contributed by atoms with van der Waals surface area (Å²) < 4.78 is 22.2. The van der Waals surface area contributed by atoms with Gasteiger partial charge in [-0.2, -0.15) is 0 Å². The summed E-state index contributed by atoms with van der Waals surface area (Å²) in [5.74, 6) is -0.614. The highest BCUT2D eigenvalue weighted by molar-refractivity contribution is 7.89. The lowest BCUT2D eigenvalue weighted by atomic mass is 10.3. The number of primary sulfonamides is 1. The number of rotatable bonds is 4. The first kappa shape index (κ1) is 14.9. The van der Waals surface area contributed by atoms with E-state index in [1.54, 1.807) is 0 Å². The van der Waals surface area contributed by atoms with E-state index in [0.29, 0.717) is 11.4 Å². The predicted molar refractivity (Wildman–Crippen MR) is 76.6 cm³/mol. The fraction of sp³-hybridized carbons (Fsp3) is 0.0769. The van der Waals surface area contributed by atoms with Crippen LogP contribution in [0.25, 0.3) is 0 Å². The summed E-state index contributed by atoms with van der Waals surface area (Å²) in [6.45, 7) is 1.39. The van der Waals surface area contributed by atoms with E-state index in [-0.39, 0.29) is 16.4 Å². The Morgan fingerprint density at radius 1 is 1.05 bits per heavy atom. The molecule has 0 fully saturated rings. The van der Waals surface area contributed by atoms with Crippen molar-refractivity contribution < 1.29 is 18.0 Å². The Bertz CT molecular complexity index is 791. The Morgan fingerprint density at radius 2 is 1.62 bits per heavy atom. The van der Waals surface area contributed by atoms with Crippen molar-refractivity contribution in [3.63, 3.8) is 0 Å². The molecule has 0 aliphatic rings. The summed E-state index contributed by atoms with van der Waals surface area (Å²) >= 11 is 0. The number of benzene rings is 1. The molecular weight excluding hydrogens is 294 g/mol. The highest BCUT2D eigenvalue weighted by Gasteiger charge is 2.11. The largest absolute Gasteiger partial charge is 0.348 e. The molecule has 110 valence electrons. The van der Waals surface area contributed by atoms with Crippen LogP contribution in [0.3, 0.4) is 0 Å². The second-order valence-electron chi connectivity index (χ2n) is 4.37. The Labute approximate surface area is 121 Å². The molecule has 0 unspecified atom stereocenters. The second-order valence-corrected chi connectivity index (χ2v) is 5.93. The van der Waals surface area contributed by atoms with Crippen LogP contribution in [0.1, 0.15) is 27.9 Å². The van der Waals surface area contributed by atoms with E-state index >= 15 is 0 Å². The summed E-state index contributed by atoms with van der Waals surface area (Å²) in [7, 11) is -3.76. The first-order chi connectivity index (χ1) is 9.77. The van der Waals surface area contributed by atoms with Crippen LogP contribution in [0, 0.1) is 0 Å². The van der Waals surface area contributed by atoms with Crippen LogP contribution in [0.2, 0.25) is 0 Å². The minimum Gasteiger partial charge on any atom is -0.348 e. The molecule has 4 N–H and O–H groups in total. The topological polar surface area (TPSA) is 122 Å². The van der Waals surface area contributed by atoms with Crippen LogP contribution in [-0.2, 0) is 10.0 Å². The van der Waals surface area contributed by atoms with Crippen molar-refractivity contribution in [2.75, 3.05) is 5.32 Å². The summed E-state index contributed by atoms with van der Waals surface area (Å²) in [4.78, 5) is 25.7. The number of sulfonamides is 1. The van der Waals surface area contributed by atoms with Gasteiger partial charge in [0.2, 0.25) is 10.0 Å². The minimum atomic E-state index is -3.76. The number of nitrogens with one attached hydrogen (secondary N) is 2. The van der Waals surface area contributed by atoms with Crippen molar-refractivity contribution in [1.29, 1.82) is 0 Å². The Kier molecular flexibility index (Phi) is 3.92. The summed E-state index contributed by atoms with van der Waals surface area (Å²) in [5, 5.41) is 7.55. The monoisotopic (exact) mass is 307 g/mol. The lowest BCUT2D eigenvalue weighted by molar-refractivity contribution is 0.101. The van der Waals surface area contributed by atoms with Gasteiger partial charge >= 0.3 is 0 Å². The number of amides is 1. The molecule has 0 bridgehead atoms. The van der Waals surface area contributed by atoms with Gasteiger partial charge in [0.05, 0.1) is 10.6 Å². The zero-order valence-corrected chi connectivity index (χ0v) is 11.9. The molecule has 1 amide bonds. The zero-order valence-electron chi connectivity index (χ0n) is 11.1. The van der Waals surface area contributed by atoms with Crippen LogP contribution < -0.4 is 10.5 Å². The molecule has 0 saturated carbocycles. The van der Waals surface area contributed by atoms with Gasteiger partial charge in [-0.25, -0.2) is 13.6 Å². The molecule has 7 nitrogen and oxygen atoms in total. The molecule has 1 aromatic carbocycles. The third kappa shape index (κ3) is 3.56. The van der Waals surface area contributed by atoms with Gasteiger partial charge < -0.3 is 10.3 Å². The van der Waals surface area contributed by atoms with Gasteiger partial charge in [0.1, 0.15) is 5.69 Å². The van der Waals surface area contributed by atoms with Gasteiger partial charge in [-0.05, 0) is 36.4 Å². The van der Waals surface area contributed by atoms with Gasteiger partial charge in [-0.3, -0.25) is 9.59 Å². The second kappa shape index (κ2) is 5.51. The first-order valence-corrected chi connectivity index (χ1v) is 7.46. The maximum Gasteiger partial charge on any atom is 0.272 e. The number of hydrogen-bond donors (Lipinski definition) is 3. The summed E-state index contributed by atoms with van der Waals surface area (Å²) in [6, 6.07) is 8.44. The van der Waals surface area contributed by atoms with Gasteiger partial charge in [0.15, 0.2) is 5.78 Å². The van der Waals surface area contributed by atoms with E-state index in [1.165, 1.54) is 43.3 Å². The van der Waals surface area contributed by atoms with E-state index in [1.807, 2.05) is 0 Å². The van der Waals surface area contributed by atoms with Crippen LogP contribution in [0.4, 0.5) is 5.69 Å². The number of anilines is 1. The quantitative estimate of drug-likeness (QED) is 0.732. The van der Waals surface area contributed by atoms with Crippen molar-refractivity contribution in [1.82, 2.24) is 4.98 Å². The van der Waals surface area contributed by atoms with Gasteiger partial charge in [-0.15, -0.1) is 0 Å². The Morgan fingerprint density at radius 3 is 2.10 bits per heavy atom. The average Bonchev–Trinajstić information content (AvgIpc) is 2.88.